The molecule has 0 N–H and O–H groups in total. The molecule has 0 radical (unpaired) electrons. The Bertz CT molecular complexity index is 983. The summed E-state index contributed by atoms with van der Waals surface area (Å²) in [4.78, 5) is 17.7. The summed E-state index contributed by atoms with van der Waals surface area (Å²) in [6, 6.07) is 13.2. The van der Waals surface area contributed by atoms with Gasteiger partial charge in [-0.1, -0.05) is 17.7 Å². The molecule has 0 aliphatic carbocycles. The first-order valence-corrected chi connectivity index (χ1v) is 12.7. The molecular weight excluding hydrogens is 452 g/mol. The molecule has 182 valence electrons. The topological polar surface area (TPSA) is 51.2 Å². The zero-order valence-electron chi connectivity index (χ0n) is 19.7. The van der Waals surface area contributed by atoms with E-state index >= 15 is 0 Å². The lowest BCUT2D eigenvalue weighted by Crippen LogP contribution is -2.60. The maximum Gasteiger partial charge on any atom is 0.338 e. The van der Waals surface area contributed by atoms with Crippen molar-refractivity contribution in [3.63, 3.8) is 0 Å². The molecule has 5 rings (SSSR count). The summed E-state index contributed by atoms with van der Waals surface area (Å²) in [6.45, 7) is 6.21. The number of hydrogen-bond acceptors (Lipinski definition) is 6. The van der Waals surface area contributed by atoms with E-state index in [1.807, 2.05) is 6.07 Å². The molecule has 3 aliphatic rings. The van der Waals surface area contributed by atoms with Gasteiger partial charge in [0.05, 0.1) is 5.56 Å². The Hall–Kier alpha value is -2.28. The van der Waals surface area contributed by atoms with Gasteiger partial charge in [0.25, 0.3) is 0 Å². The molecule has 2 aromatic carbocycles. The predicted molar refractivity (Wildman–Crippen MR) is 132 cm³/mol. The van der Waals surface area contributed by atoms with Crippen LogP contribution in [0.2, 0.25) is 5.02 Å². The number of fused-ring (bicyclic) bond motifs is 3. The first-order valence-electron chi connectivity index (χ1n) is 12.3. The number of carbonyl (C=O) groups excluding carboxylic acids is 1. The number of halogens is 1. The number of ether oxygens (including phenoxy) is 3. The summed E-state index contributed by atoms with van der Waals surface area (Å²) in [7, 11) is 2.17. The number of benzene rings is 2. The number of aryl methyl sites for hydroxylation is 1. The monoisotopic (exact) mass is 484 g/mol. The average molecular weight is 485 g/mol. The highest BCUT2D eigenvalue weighted by molar-refractivity contribution is 6.30. The Kier molecular flexibility index (Phi) is 7.28. The quantitative estimate of drug-likeness (QED) is 0.434. The Morgan fingerprint density at radius 2 is 1.68 bits per heavy atom. The van der Waals surface area contributed by atoms with Gasteiger partial charge in [-0.15, -0.1) is 0 Å². The average Bonchev–Trinajstić information content (AvgIpc) is 2.83. The fraction of sp³-hybridized carbons (Fsp3) is 0.519. The summed E-state index contributed by atoms with van der Waals surface area (Å²) in [5, 5.41) is 0.623. The van der Waals surface area contributed by atoms with Gasteiger partial charge in [0.1, 0.15) is 19.3 Å². The minimum absolute atomic E-state index is 0.0201. The van der Waals surface area contributed by atoms with Crippen LogP contribution in [-0.2, 0) is 11.2 Å². The third kappa shape index (κ3) is 5.51. The number of piperidine rings is 2. The van der Waals surface area contributed by atoms with E-state index in [2.05, 4.69) is 29.0 Å². The summed E-state index contributed by atoms with van der Waals surface area (Å²) in [5.41, 5.74) is 1.87. The molecule has 2 unspecified atom stereocenters. The standard InChI is InChI=1S/C27H33ClN2O4/c1-29-15-21-17-30(11-3-2-4-19-5-10-24-25(14-19)33-13-12-32-24)18-22(16-29)26(21)34-27(31)20-6-8-23(28)9-7-20/h5-10,14,21-22,26H,2-4,11-13,15-18H2,1H3. The van der Waals surface area contributed by atoms with Crippen LogP contribution in [0.1, 0.15) is 28.8 Å². The lowest BCUT2D eigenvalue weighted by molar-refractivity contribution is -0.0842. The molecule has 6 nitrogen and oxygen atoms in total. The van der Waals surface area contributed by atoms with Gasteiger partial charge >= 0.3 is 5.97 Å². The molecule has 0 aromatic heterocycles. The van der Waals surface area contributed by atoms with Gasteiger partial charge in [0.15, 0.2) is 11.5 Å². The smallest absolute Gasteiger partial charge is 0.338 e. The van der Waals surface area contributed by atoms with Crippen molar-refractivity contribution in [3.8, 4) is 11.5 Å². The van der Waals surface area contributed by atoms with Crippen molar-refractivity contribution >= 4 is 17.6 Å². The molecule has 2 aromatic rings. The van der Waals surface area contributed by atoms with Crippen molar-refractivity contribution in [1.82, 2.24) is 9.80 Å². The molecule has 0 spiro atoms. The van der Waals surface area contributed by atoms with Crippen molar-refractivity contribution in [2.45, 2.75) is 25.4 Å². The molecule has 2 atom stereocenters. The first-order chi connectivity index (χ1) is 16.5. The minimum Gasteiger partial charge on any atom is -0.486 e. The van der Waals surface area contributed by atoms with Crippen LogP contribution in [0.15, 0.2) is 42.5 Å². The van der Waals surface area contributed by atoms with Crippen LogP contribution < -0.4 is 9.47 Å². The van der Waals surface area contributed by atoms with Gasteiger partial charge in [0, 0.05) is 43.0 Å². The van der Waals surface area contributed by atoms with Crippen molar-refractivity contribution in [1.29, 1.82) is 0 Å². The van der Waals surface area contributed by atoms with Gasteiger partial charge in [-0.05, 0) is 74.8 Å². The van der Waals surface area contributed by atoms with E-state index in [4.69, 9.17) is 25.8 Å². The van der Waals surface area contributed by atoms with Crippen LogP contribution in [0.25, 0.3) is 0 Å². The Morgan fingerprint density at radius 1 is 0.971 bits per heavy atom. The number of esters is 1. The molecule has 3 aliphatic heterocycles. The largest absolute Gasteiger partial charge is 0.486 e. The van der Waals surface area contributed by atoms with Gasteiger partial charge in [-0.2, -0.15) is 0 Å². The third-order valence-electron chi connectivity index (χ3n) is 7.13. The van der Waals surface area contributed by atoms with Crippen LogP contribution in [0.4, 0.5) is 0 Å². The van der Waals surface area contributed by atoms with Crippen molar-refractivity contribution in [3.05, 3.63) is 58.6 Å². The Labute approximate surface area is 206 Å². The summed E-state index contributed by atoms with van der Waals surface area (Å²) in [6.07, 6.45) is 3.31. The van der Waals surface area contributed by atoms with E-state index in [1.165, 1.54) is 5.56 Å². The zero-order chi connectivity index (χ0) is 23.5. The molecule has 0 saturated carbocycles. The lowest BCUT2D eigenvalue weighted by atomic mass is 9.81. The number of nitrogens with zero attached hydrogens (tertiary/aromatic N) is 2. The highest BCUT2D eigenvalue weighted by Gasteiger charge is 2.43. The van der Waals surface area contributed by atoms with Crippen molar-refractivity contribution < 1.29 is 19.0 Å². The molecule has 2 fully saturated rings. The highest BCUT2D eigenvalue weighted by atomic mass is 35.5. The van der Waals surface area contributed by atoms with E-state index in [-0.39, 0.29) is 12.1 Å². The van der Waals surface area contributed by atoms with E-state index < -0.39 is 0 Å². The summed E-state index contributed by atoms with van der Waals surface area (Å²) >= 11 is 5.96. The van der Waals surface area contributed by atoms with Crippen molar-refractivity contribution in [2.24, 2.45) is 11.8 Å². The molecule has 3 heterocycles. The van der Waals surface area contributed by atoms with Gasteiger partial charge in [-0.3, -0.25) is 0 Å². The molecule has 2 saturated heterocycles. The van der Waals surface area contributed by atoms with E-state index in [0.717, 1.165) is 63.5 Å². The predicted octanol–water partition coefficient (Wildman–Crippen LogP) is 4.15. The minimum atomic E-state index is -0.242. The second kappa shape index (κ2) is 10.5. The molecule has 0 amide bonds. The number of likely N-dealkylation sites (tertiary alicyclic amines) is 2. The number of carbonyl (C=O) groups is 1. The van der Waals surface area contributed by atoms with Gasteiger partial charge < -0.3 is 24.0 Å². The fourth-order valence-corrected chi connectivity index (χ4v) is 5.72. The lowest BCUT2D eigenvalue weighted by Gasteiger charge is -2.49. The van der Waals surface area contributed by atoms with E-state index in [9.17, 15) is 4.79 Å². The third-order valence-corrected chi connectivity index (χ3v) is 7.38. The van der Waals surface area contributed by atoms with Crippen LogP contribution in [0, 0.1) is 11.8 Å². The van der Waals surface area contributed by atoms with E-state index in [0.29, 0.717) is 35.6 Å². The maximum atomic E-state index is 12.7. The van der Waals surface area contributed by atoms with Crippen LogP contribution >= 0.6 is 11.6 Å². The summed E-state index contributed by atoms with van der Waals surface area (Å²) < 4.78 is 17.4. The summed E-state index contributed by atoms with van der Waals surface area (Å²) in [5.74, 6) is 2.16. The Morgan fingerprint density at radius 3 is 2.41 bits per heavy atom. The Balaban J connectivity index is 1.12. The van der Waals surface area contributed by atoms with Crippen molar-refractivity contribution in [2.75, 3.05) is 53.0 Å². The number of rotatable bonds is 7. The molecule has 7 heteroatoms. The second-order valence-corrected chi connectivity index (χ2v) is 10.2. The highest BCUT2D eigenvalue weighted by Crippen LogP contribution is 2.33. The SMILES string of the molecule is CN1CC2CN(CCCCc3ccc4c(c3)OCCO4)CC(C1)C2OC(=O)c1ccc(Cl)cc1. The number of hydrogen-bond donors (Lipinski definition) is 0. The van der Waals surface area contributed by atoms with E-state index in [1.54, 1.807) is 24.3 Å². The maximum absolute atomic E-state index is 12.7. The van der Waals surface area contributed by atoms with Gasteiger partial charge in [-0.25, -0.2) is 4.79 Å². The van der Waals surface area contributed by atoms with Crippen LogP contribution in [0.3, 0.4) is 0 Å². The van der Waals surface area contributed by atoms with Crippen LogP contribution in [-0.4, -0.2) is 74.9 Å². The van der Waals surface area contributed by atoms with Crippen LogP contribution in [0.5, 0.6) is 11.5 Å². The molecule has 2 bridgehead atoms. The molecule has 34 heavy (non-hydrogen) atoms. The zero-order valence-corrected chi connectivity index (χ0v) is 20.5. The normalized spacial score (nSPS) is 24.6. The number of unbranched alkanes of at least 4 members (excludes halogenated alkanes) is 1. The molecular formula is C27H33ClN2O4. The fourth-order valence-electron chi connectivity index (χ4n) is 5.59. The first kappa shape index (κ1) is 23.5. The van der Waals surface area contributed by atoms with Gasteiger partial charge in [0.2, 0.25) is 0 Å². The second-order valence-electron chi connectivity index (χ2n) is 9.81.